The van der Waals surface area contributed by atoms with E-state index in [1.165, 1.54) is 0 Å². The number of halogens is 3. The molecule has 0 saturated carbocycles. The van der Waals surface area contributed by atoms with Crippen molar-refractivity contribution in [2.24, 2.45) is 0 Å². The van der Waals surface area contributed by atoms with Crippen LogP contribution >= 0.6 is 22.6 Å². The van der Waals surface area contributed by atoms with Crippen LogP contribution in [0.5, 0.6) is 0 Å². The molecule has 1 aromatic rings. The van der Waals surface area contributed by atoms with Crippen molar-refractivity contribution in [3.05, 3.63) is 32.9 Å². The molecule has 0 bridgehead atoms. The van der Waals surface area contributed by atoms with Crippen molar-refractivity contribution >= 4 is 22.6 Å². The van der Waals surface area contributed by atoms with Gasteiger partial charge in [0.25, 0.3) is 0 Å². The second-order valence-corrected chi connectivity index (χ2v) is 3.07. The zero-order valence-corrected chi connectivity index (χ0v) is 7.45. The van der Waals surface area contributed by atoms with Gasteiger partial charge < -0.3 is 0 Å². The van der Waals surface area contributed by atoms with E-state index in [-0.39, 0.29) is 0 Å². The summed E-state index contributed by atoms with van der Waals surface area (Å²) >= 11 is 1.78. The quantitative estimate of drug-likeness (QED) is 0.493. The second-order valence-electron chi connectivity index (χ2n) is 1.99. The molecule has 0 atom stereocenters. The summed E-state index contributed by atoms with van der Waals surface area (Å²) in [7, 11) is 0. The van der Waals surface area contributed by atoms with Crippen LogP contribution in [-0.2, 0) is 0 Å². The predicted octanol–water partition coefficient (Wildman–Crippen LogP) is 2.88. The van der Waals surface area contributed by atoms with Crippen LogP contribution in [0.2, 0.25) is 0 Å². The largest absolute Gasteiger partial charge is 0.204 e. The molecule has 0 fully saturated rings. The van der Waals surface area contributed by atoms with E-state index in [1.54, 1.807) is 35.6 Å². The van der Waals surface area contributed by atoms with Crippen molar-refractivity contribution in [1.82, 2.24) is 0 Å². The van der Waals surface area contributed by atoms with Gasteiger partial charge in [-0.1, -0.05) is 6.07 Å². The van der Waals surface area contributed by atoms with E-state index >= 15 is 0 Å². The summed E-state index contributed by atoms with van der Waals surface area (Å²) < 4.78 is 25.3. The van der Waals surface area contributed by atoms with Gasteiger partial charge in [-0.2, -0.15) is 0 Å². The molecule has 54 valence electrons. The minimum Gasteiger partial charge on any atom is -0.204 e. The van der Waals surface area contributed by atoms with E-state index in [0.717, 1.165) is 11.6 Å². The van der Waals surface area contributed by atoms with Crippen molar-refractivity contribution in [2.75, 3.05) is 0 Å². The fourth-order valence-electron chi connectivity index (χ4n) is 0.622. The number of benzene rings is 1. The van der Waals surface area contributed by atoms with Crippen LogP contribution in [0.4, 0.5) is 8.78 Å². The Bertz CT molecular complexity index is 231. The van der Waals surface area contributed by atoms with Crippen molar-refractivity contribution in [1.29, 1.82) is 0 Å². The van der Waals surface area contributed by atoms with Gasteiger partial charge in [-0.15, -0.1) is 0 Å². The van der Waals surface area contributed by atoms with Gasteiger partial charge in [-0.3, -0.25) is 0 Å². The number of hydrogen-bond acceptors (Lipinski definition) is 0. The molecule has 0 N–H and O–H groups in total. The maximum atomic E-state index is 12.6. The molecule has 0 aliphatic heterocycles. The Kier molecular flexibility index (Phi) is 2.23. The molecule has 0 saturated heterocycles. The molecular formula is C7H5F2I. The fourth-order valence-corrected chi connectivity index (χ4v) is 1.06. The van der Waals surface area contributed by atoms with Gasteiger partial charge in [0.05, 0.1) is 3.57 Å². The zero-order valence-electron chi connectivity index (χ0n) is 5.29. The topological polar surface area (TPSA) is 0 Å². The SMILES string of the molecule is Cc1ccc(F)c(F)c1I. The van der Waals surface area contributed by atoms with Gasteiger partial charge in [-0.25, -0.2) is 8.78 Å². The maximum Gasteiger partial charge on any atom is 0.172 e. The van der Waals surface area contributed by atoms with E-state index < -0.39 is 11.6 Å². The molecular weight excluding hydrogens is 249 g/mol. The standard InChI is InChI=1S/C7H5F2I/c1-4-2-3-5(8)6(9)7(4)10/h2-3H,1H3. The Labute approximate surface area is 71.4 Å². The first-order valence-electron chi connectivity index (χ1n) is 2.73. The van der Waals surface area contributed by atoms with E-state index in [0.29, 0.717) is 3.57 Å². The van der Waals surface area contributed by atoms with Crippen molar-refractivity contribution in [3.8, 4) is 0 Å². The van der Waals surface area contributed by atoms with Crippen molar-refractivity contribution in [3.63, 3.8) is 0 Å². The number of rotatable bonds is 0. The van der Waals surface area contributed by atoms with Crippen LogP contribution in [0.15, 0.2) is 12.1 Å². The van der Waals surface area contributed by atoms with Crippen LogP contribution in [0.3, 0.4) is 0 Å². The molecule has 0 aliphatic carbocycles. The third-order valence-electron chi connectivity index (χ3n) is 1.23. The maximum absolute atomic E-state index is 12.6. The summed E-state index contributed by atoms with van der Waals surface area (Å²) in [5.41, 5.74) is 0.763. The van der Waals surface area contributed by atoms with Gasteiger partial charge >= 0.3 is 0 Å². The summed E-state index contributed by atoms with van der Waals surface area (Å²) in [6.07, 6.45) is 0. The Balaban J connectivity index is 3.34. The molecule has 0 heterocycles. The lowest BCUT2D eigenvalue weighted by molar-refractivity contribution is 0.502. The Morgan fingerprint density at radius 2 is 1.90 bits per heavy atom. The number of aryl methyl sites for hydroxylation is 1. The molecule has 1 aromatic carbocycles. The van der Waals surface area contributed by atoms with Crippen LogP contribution < -0.4 is 0 Å². The summed E-state index contributed by atoms with van der Waals surface area (Å²) in [6.45, 7) is 1.74. The average Bonchev–Trinajstić information content (AvgIpc) is 1.93. The van der Waals surface area contributed by atoms with Crippen LogP contribution in [0, 0.1) is 22.1 Å². The van der Waals surface area contributed by atoms with E-state index in [2.05, 4.69) is 0 Å². The smallest absolute Gasteiger partial charge is 0.172 e. The molecule has 0 amide bonds. The summed E-state index contributed by atoms with van der Waals surface area (Å²) in [4.78, 5) is 0. The van der Waals surface area contributed by atoms with E-state index in [4.69, 9.17) is 0 Å². The molecule has 0 radical (unpaired) electrons. The molecule has 0 spiro atoms. The fraction of sp³-hybridized carbons (Fsp3) is 0.143. The molecule has 0 aliphatic rings. The van der Waals surface area contributed by atoms with E-state index in [9.17, 15) is 8.78 Å². The minimum atomic E-state index is -0.782. The Morgan fingerprint density at radius 3 is 2.40 bits per heavy atom. The Morgan fingerprint density at radius 1 is 1.30 bits per heavy atom. The van der Waals surface area contributed by atoms with Gasteiger partial charge in [-0.05, 0) is 41.1 Å². The molecule has 0 nitrogen and oxygen atoms in total. The summed E-state index contributed by atoms with van der Waals surface area (Å²) in [5.74, 6) is -1.53. The lowest BCUT2D eigenvalue weighted by Gasteiger charge is -1.98. The molecule has 1 rings (SSSR count). The first kappa shape index (κ1) is 7.91. The predicted molar refractivity (Wildman–Crippen MR) is 43.8 cm³/mol. The molecule has 3 heteroatoms. The minimum absolute atomic E-state index is 0.359. The molecule has 0 aromatic heterocycles. The van der Waals surface area contributed by atoms with Gasteiger partial charge in [0.1, 0.15) is 0 Å². The van der Waals surface area contributed by atoms with Crippen LogP contribution in [-0.4, -0.2) is 0 Å². The van der Waals surface area contributed by atoms with E-state index in [1.807, 2.05) is 0 Å². The zero-order chi connectivity index (χ0) is 7.72. The third-order valence-corrected chi connectivity index (χ3v) is 2.55. The molecule has 0 unspecified atom stereocenters. The van der Waals surface area contributed by atoms with Crippen molar-refractivity contribution < 1.29 is 8.78 Å². The molecule has 10 heavy (non-hydrogen) atoms. The first-order chi connectivity index (χ1) is 4.63. The highest BCUT2D eigenvalue weighted by molar-refractivity contribution is 14.1. The summed E-state index contributed by atoms with van der Waals surface area (Å²) in [5, 5.41) is 0. The lowest BCUT2D eigenvalue weighted by atomic mass is 10.2. The average molecular weight is 254 g/mol. The van der Waals surface area contributed by atoms with Crippen molar-refractivity contribution in [2.45, 2.75) is 6.92 Å². The normalized spacial score (nSPS) is 10.0. The van der Waals surface area contributed by atoms with Crippen LogP contribution in [0.1, 0.15) is 5.56 Å². The summed E-state index contributed by atoms with van der Waals surface area (Å²) in [6, 6.07) is 2.69. The monoisotopic (exact) mass is 254 g/mol. The third kappa shape index (κ3) is 1.28. The highest BCUT2D eigenvalue weighted by Gasteiger charge is 2.06. The van der Waals surface area contributed by atoms with Crippen LogP contribution in [0.25, 0.3) is 0 Å². The first-order valence-corrected chi connectivity index (χ1v) is 3.81. The lowest BCUT2D eigenvalue weighted by Crippen LogP contribution is -1.90. The van der Waals surface area contributed by atoms with Gasteiger partial charge in [0, 0.05) is 0 Å². The highest BCUT2D eigenvalue weighted by Crippen LogP contribution is 2.17. The second kappa shape index (κ2) is 2.82. The van der Waals surface area contributed by atoms with Gasteiger partial charge in [0.15, 0.2) is 11.6 Å². The highest BCUT2D eigenvalue weighted by atomic mass is 127. The number of hydrogen-bond donors (Lipinski definition) is 0. The Hall–Kier alpha value is -0.190. The van der Waals surface area contributed by atoms with Gasteiger partial charge in [0.2, 0.25) is 0 Å².